The van der Waals surface area contributed by atoms with Crippen molar-refractivity contribution >= 4 is 40.2 Å². The molecule has 0 saturated heterocycles. The molecule has 0 bridgehead atoms. The molecule has 0 radical (unpaired) electrons. The van der Waals surface area contributed by atoms with Crippen LogP contribution in [0.2, 0.25) is 5.02 Å². The van der Waals surface area contributed by atoms with Crippen molar-refractivity contribution < 1.29 is 18.7 Å². The van der Waals surface area contributed by atoms with Crippen molar-refractivity contribution in [3.8, 4) is 0 Å². The van der Waals surface area contributed by atoms with Gasteiger partial charge >= 0.3 is 5.97 Å². The fourth-order valence-corrected chi connectivity index (χ4v) is 2.21. The van der Waals surface area contributed by atoms with E-state index in [0.29, 0.717) is 0 Å². The van der Waals surface area contributed by atoms with Crippen LogP contribution in [0.25, 0.3) is 0 Å². The van der Waals surface area contributed by atoms with Crippen molar-refractivity contribution in [2.24, 2.45) is 0 Å². The molecule has 0 fully saturated rings. The summed E-state index contributed by atoms with van der Waals surface area (Å²) in [6, 6.07) is 0. The number of hydrogen-bond donors (Lipinski definition) is 1. The molecular weight excluding hydrogens is 342 g/mol. The van der Waals surface area contributed by atoms with Crippen molar-refractivity contribution in [1.29, 1.82) is 0 Å². The van der Waals surface area contributed by atoms with Crippen LogP contribution in [0.5, 0.6) is 0 Å². The van der Waals surface area contributed by atoms with E-state index in [9.17, 15) is 13.6 Å². The van der Waals surface area contributed by atoms with Crippen LogP contribution in [0.3, 0.4) is 0 Å². The number of pyridine rings is 1. The highest BCUT2D eigenvalue weighted by Crippen LogP contribution is 2.29. The first kappa shape index (κ1) is 12.6. The van der Waals surface area contributed by atoms with Gasteiger partial charge < -0.3 is 5.11 Å². The Balaban J connectivity index is 3.23. The number of halogens is 4. The van der Waals surface area contributed by atoms with Crippen molar-refractivity contribution in [2.75, 3.05) is 0 Å². The first-order chi connectivity index (χ1) is 6.93. The number of hydrogen-bond acceptors (Lipinski definition) is 2. The number of alkyl halides is 2. The summed E-state index contributed by atoms with van der Waals surface area (Å²) in [5.74, 6) is -1.12. The highest BCUT2D eigenvalue weighted by molar-refractivity contribution is 14.1. The number of nitrogens with zero attached hydrogens (tertiary/aromatic N) is 1. The van der Waals surface area contributed by atoms with Crippen molar-refractivity contribution in [3.05, 3.63) is 26.0 Å². The zero-order chi connectivity index (χ0) is 11.6. The molecule has 0 amide bonds. The van der Waals surface area contributed by atoms with Gasteiger partial charge in [-0.3, -0.25) is 9.78 Å². The second-order valence-electron chi connectivity index (χ2n) is 2.66. The third-order valence-electron chi connectivity index (χ3n) is 1.63. The lowest BCUT2D eigenvalue weighted by Crippen LogP contribution is -2.06. The molecule has 0 saturated carbocycles. The van der Waals surface area contributed by atoms with Crippen LogP contribution >= 0.6 is 34.2 Å². The van der Waals surface area contributed by atoms with Crippen LogP contribution < -0.4 is 0 Å². The maximum Gasteiger partial charge on any atom is 0.307 e. The summed E-state index contributed by atoms with van der Waals surface area (Å²) in [6.07, 6.45) is -2.08. The van der Waals surface area contributed by atoms with E-state index in [2.05, 4.69) is 4.98 Å². The molecule has 3 nitrogen and oxygen atoms in total. The van der Waals surface area contributed by atoms with E-state index in [-0.39, 0.29) is 20.6 Å². The molecule has 0 unspecified atom stereocenters. The van der Waals surface area contributed by atoms with E-state index in [4.69, 9.17) is 16.7 Å². The molecule has 0 aliphatic rings. The molecular formula is C8H5ClF2INO2. The van der Waals surface area contributed by atoms with Gasteiger partial charge in [0, 0.05) is 9.77 Å². The monoisotopic (exact) mass is 347 g/mol. The van der Waals surface area contributed by atoms with E-state index in [1.54, 1.807) is 22.6 Å². The minimum Gasteiger partial charge on any atom is -0.481 e. The van der Waals surface area contributed by atoms with Gasteiger partial charge in [-0.2, -0.15) is 0 Å². The van der Waals surface area contributed by atoms with Crippen LogP contribution in [-0.2, 0) is 11.2 Å². The quantitative estimate of drug-likeness (QED) is 0.856. The van der Waals surface area contributed by atoms with Gasteiger partial charge in [-0.05, 0) is 28.2 Å². The molecule has 0 aliphatic carbocycles. The van der Waals surface area contributed by atoms with Crippen LogP contribution in [0.1, 0.15) is 17.7 Å². The highest BCUT2D eigenvalue weighted by atomic mass is 127. The Morgan fingerprint density at radius 2 is 2.27 bits per heavy atom. The lowest BCUT2D eigenvalue weighted by molar-refractivity contribution is -0.136. The van der Waals surface area contributed by atoms with Gasteiger partial charge in [-0.25, -0.2) is 8.78 Å². The predicted octanol–water partition coefficient (Wildman–Crippen LogP) is 2.90. The molecule has 7 heteroatoms. The molecule has 0 atom stereocenters. The SMILES string of the molecule is O=C(O)Cc1c(Cl)cnc(C(F)F)c1I. The van der Waals surface area contributed by atoms with E-state index >= 15 is 0 Å². The highest BCUT2D eigenvalue weighted by Gasteiger charge is 2.19. The number of rotatable bonds is 3. The van der Waals surface area contributed by atoms with Gasteiger partial charge in [0.1, 0.15) is 5.69 Å². The molecule has 15 heavy (non-hydrogen) atoms. The maximum absolute atomic E-state index is 12.4. The average molecular weight is 347 g/mol. The summed E-state index contributed by atoms with van der Waals surface area (Å²) in [6.45, 7) is 0. The second-order valence-corrected chi connectivity index (χ2v) is 4.14. The van der Waals surface area contributed by atoms with Crippen LogP contribution in [0.15, 0.2) is 6.20 Å². The molecule has 1 rings (SSSR count). The topological polar surface area (TPSA) is 50.2 Å². The minimum atomic E-state index is -2.73. The molecule has 1 heterocycles. The van der Waals surface area contributed by atoms with Crippen LogP contribution in [-0.4, -0.2) is 16.1 Å². The summed E-state index contributed by atoms with van der Waals surface area (Å²) in [4.78, 5) is 13.9. The standard InChI is InChI=1S/C8H5ClF2INO2/c9-4-2-13-7(8(10)11)6(12)3(4)1-5(14)15/h2,8H,1H2,(H,14,15). The third-order valence-corrected chi connectivity index (χ3v) is 3.16. The Hall–Kier alpha value is -0.500. The Kier molecular flexibility index (Phi) is 4.21. The summed E-state index contributed by atoms with van der Waals surface area (Å²) in [5, 5.41) is 8.66. The van der Waals surface area contributed by atoms with E-state index < -0.39 is 18.1 Å². The van der Waals surface area contributed by atoms with E-state index in [0.717, 1.165) is 6.20 Å². The number of carboxylic acid groups (broad SMARTS) is 1. The van der Waals surface area contributed by atoms with E-state index in [1.807, 2.05) is 0 Å². The molecule has 0 spiro atoms. The van der Waals surface area contributed by atoms with Crippen molar-refractivity contribution in [2.45, 2.75) is 12.8 Å². The Morgan fingerprint density at radius 1 is 1.67 bits per heavy atom. The molecule has 1 aromatic heterocycles. The van der Waals surface area contributed by atoms with Gasteiger partial charge in [-0.1, -0.05) is 11.6 Å². The Morgan fingerprint density at radius 3 is 2.73 bits per heavy atom. The zero-order valence-corrected chi connectivity index (χ0v) is 10.1. The lowest BCUT2D eigenvalue weighted by atomic mass is 10.1. The van der Waals surface area contributed by atoms with Crippen molar-refractivity contribution in [3.63, 3.8) is 0 Å². The van der Waals surface area contributed by atoms with Crippen LogP contribution in [0, 0.1) is 3.57 Å². The summed E-state index contributed by atoms with van der Waals surface area (Å²) in [5.41, 5.74) is -0.258. The first-order valence-electron chi connectivity index (χ1n) is 3.76. The van der Waals surface area contributed by atoms with Gasteiger partial charge in [-0.15, -0.1) is 0 Å². The molecule has 0 aromatic carbocycles. The third kappa shape index (κ3) is 2.97. The molecule has 82 valence electrons. The van der Waals surface area contributed by atoms with Crippen LogP contribution in [0.4, 0.5) is 8.78 Å². The largest absolute Gasteiger partial charge is 0.481 e. The van der Waals surface area contributed by atoms with Gasteiger partial charge in [0.2, 0.25) is 0 Å². The number of carbonyl (C=O) groups is 1. The van der Waals surface area contributed by atoms with Gasteiger partial charge in [0.05, 0.1) is 11.4 Å². The van der Waals surface area contributed by atoms with Gasteiger partial charge in [0.25, 0.3) is 6.43 Å². The minimum absolute atomic E-state index is 0.0891. The van der Waals surface area contributed by atoms with Crippen molar-refractivity contribution in [1.82, 2.24) is 4.98 Å². The number of carboxylic acids is 1. The fourth-order valence-electron chi connectivity index (χ4n) is 0.986. The normalized spacial score (nSPS) is 10.7. The molecule has 0 aliphatic heterocycles. The Labute approximate surface area is 103 Å². The maximum atomic E-state index is 12.4. The zero-order valence-electron chi connectivity index (χ0n) is 7.18. The number of aliphatic carboxylic acids is 1. The molecule has 1 aromatic rings. The van der Waals surface area contributed by atoms with E-state index in [1.165, 1.54) is 0 Å². The summed E-state index contributed by atoms with van der Waals surface area (Å²) >= 11 is 7.30. The number of aromatic nitrogens is 1. The smallest absolute Gasteiger partial charge is 0.307 e. The lowest BCUT2D eigenvalue weighted by Gasteiger charge is -2.08. The summed E-state index contributed by atoms with van der Waals surface area (Å²) in [7, 11) is 0. The average Bonchev–Trinajstić information content (AvgIpc) is 2.11. The Bertz CT molecular complexity index is 400. The predicted molar refractivity (Wildman–Crippen MR) is 58.3 cm³/mol. The fraction of sp³-hybridized carbons (Fsp3) is 0.250. The second kappa shape index (κ2) is 5.02. The van der Waals surface area contributed by atoms with Gasteiger partial charge in [0.15, 0.2) is 0 Å². The molecule has 1 N–H and O–H groups in total. The summed E-state index contributed by atoms with van der Waals surface area (Å²) < 4.78 is 24.9. The first-order valence-corrected chi connectivity index (χ1v) is 5.22.